The number of halogens is 8. The molecule has 20 nitrogen and oxygen atoms in total. The van der Waals surface area contributed by atoms with Crippen molar-refractivity contribution in [2.75, 3.05) is 137 Å². The molecule has 7 saturated carbocycles. The van der Waals surface area contributed by atoms with Crippen LogP contribution in [0.1, 0.15) is 221 Å². The Morgan fingerprint density at radius 2 is 0.368 bits per heavy atom. The van der Waals surface area contributed by atoms with Gasteiger partial charge in [-0.05, 0) is 131 Å². The van der Waals surface area contributed by atoms with E-state index in [0.29, 0.717) is 109 Å². The molecule has 11 rings (SSSR count). The Bertz CT molecular complexity index is 1970. The van der Waals surface area contributed by atoms with Gasteiger partial charge in [-0.2, -0.15) is 0 Å². The third-order valence-corrected chi connectivity index (χ3v) is 23.5. The minimum absolute atomic E-state index is 0.00694. The minimum atomic E-state index is 0.00694. The van der Waals surface area contributed by atoms with E-state index >= 15 is 0 Å². The first-order valence-electron chi connectivity index (χ1n) is 41.9. The summed E-state index contributed by atoms with van der Waals surface area (Å²) in [6.07, 6.45) is 37.8. The zero-order valence-corrected chi connectivity index (χ0v) is 76.8. The molecule has 0 aromatic carbocycles. The molecule has 14 unspecified atom stereocenters. The first-order valence-corrected chi connectivity index (χ1v) is 54.9. The molecule has 4 aliphatic heterocycles. The quantitative estimate of drug-likeness (QED) is 0.101. The summed E-state index contributed by atoms with van der Waals surface area (Å²) in [6, 6.07) is 11.2. The third-order valence-electron chi connectivity index (χ3n) is 23.5. The normalized spacial score (nSPS) is 35.7. The van der Waals surface area contributed by atoms with Gasteiger partial charge in [-0.3, -0.25) is 0 Å². The fourth-order valence-electron chi connectivity index (χ4n) is 17.7. The van der Waals surface area contributed by atoms with Crippen molar-refractivity contribution >= 4 is 80.8 Å². The molecule has 634 valence electrons. The Hall–Kier alpha value is 3.60. The van der Waals surface area contributed by atoms with Crippen LogP contribution in [0.25, 0.3) is 0 Å². The van der Waals surface area contributed by atoms with Crippen molar-refractivity contribution in [2.24, 2.45) is 0 Å². The maximum absolute atomic E-state index is 4.80. The van der Waals surface area contributed by atoms with E-state index in [9.17, 15) is 0 Å². The van der Waals surface area contributed by atoms with Gasteiger partial charge in [0.15, 0.2) is 0 Å². The van der Waals surface area contributed by atoms with Gasteiger partial charge < -0.3 is 106 Å². The summed E-state index contributed by atoms with van der Waals surface area (Å²) >= 11 is 0.0278. The van der Waals surface area contributed by atoms with E-state index in [1.54, 1.807) is 0 Å². The molecule has 18 atom stereocenters. The predicted octanol–water partition coefficient (Wildman–Crippen LogP) is 8.81. The fraction of sp³-hybridized carbons (Fsp3) is 1.00. The number of rotatable bonds is 0. The second-order valence-electron chi connectivity index (χ2n) is 32.3. The average molecular weight is 1830 g/mol. The second-order valence-corrected chi connectivity index (χ2v) is 40.1. The van der Waals surface area contributed by atoms with Crippen molar-refractivity contribution in [1.82, 2.24) is 106 Å². The van der Waals surface area contributed by atoms with E-state index in [4.69, 9.17) is 80.8 Å². The molecule has 32 heteroatoms. The van der Waals surface area contributed by atoms with Gasteiger partial charge in [-0.25, -0.2) is 0 Å². The summed E-state index contributed by atoms with van der Waals surface area (Å²) in [5.41, 5.74) is 0.147. The van der Waals surface area contributed by atoms with Crippen LogP contribution < -0.4 is 106 Å². The Labute approximate surface area is 706 Å². The van der Waals surface area contributed by atoms with E-state index in [0.717, 1.165) is 137 Å². The Balaban J connectivity index is 0.000000284. The van der Waals surface area contributed by atoms with Gasteiger partial charge in [-0.1, -0.05) is 89.9 Å². The van der Waals surface area contributed by atoms with Gasteiger partial charge >= 0.3 is 133 Å². The van der Waals surface area contributed by atoms with Crippen LogP contribution in [0.3, 0.4) is 0 Å². The summed E-state index contributed by atoms with van der Waals surface area (Å²) in [5, 5.41) is 75.3. The van der Waals surface area contributed by atoms with Gasteiger partial charge in [0.25, 0.3) is 0 Å². The molecule has 7 aliphatic carbocycles. The maximum atomic E-state index is 4.80. The molecule has 11 aliphatic rings. The van der Waals surface area contributed by atoms with Crippen molar-refractivity contribution in [3.05, 3.63) is 0 Å². The topological polar surface area (TPSA) is 241 Å². The summed E-state index contributed by atoms with van der Waals surface area (Å²) in [5.74, 6) is 0. The number of hydrogen-bond acceptors (Lipinski definition) is 20. The van der Waals surface area contributed by atoms with E-state index in [2.05, 4.69) is 148 Å². The van der Waals surface area contributed by atoms with Gasteiger partial charge in [0.2, 0.25) is 0 Å². The molecule has 0 aromatic rings. The van der Waals surface area contributed by atoms with Crippen LogP contribution in [0.2, 0.25) is 0 Å². The summed E-state index contributed by atoms with van der Waals surface area (Å²) in [6.45, 7) is 36.3. The Morgan fingerprint density at radius 1 is 0.208 bits per heavy atom. The van der Waals surface area contributed by atoms with E-state index in [-0.39, 0.29) is 58.1 Å². The van der Waals surface area contributed by atoms with E-state index < -0.39 is 0 Å². The van der Waals surface area contributed by atoms with Crippen molar-refractivity contribution < 1.29 is 52.5 Å². The number of hydrogen-bond donors (Lipinski definition) is 20. The van der Waals surface area contributed by atoms with E-state index in [1.807, 2.05) is 0 Å². The van der Waals surface area contributed by atoms with E-state index in [1.165, 1.54) is 180 Å². The predicted molar refractivity (Wildman–Crippen MR) is 446 cm³/mol. The Morgan fingerprint density at radius 3 is 0.594 bits per heavy atom. The van der Waals surface area contributed by atoms with Crippen LogP contribution in [0, 0.1) is 0 Å². The third kappa shape index (κ3) is 48.0. The molecule has 4 heterocycles. The van der Waals surface area contributed by atoms with Crippen LogP contribution in [0.15, 0.2) is 0 Å². The molecular formula is C74H154Cl8Mn4N20. The SMILES string of the molecule is C1CCC2NCCNC3CCCCC3NCCNCCNC2C1.CC1(C)CNC2CCCCC2NCCNC2CCCCC2NCCN1.C[C@@H]1CNC2CCCCC2NCCNC2CCCCC2NCCN1.C[C@H]1CNC2CCCCC2NCCN[C@@H](C)CN[C@@H](C)CN1.[Cl][Mn][Cl].[Cl][Mn][Cl].[Cl][Mn][Cl].[Cl][Mn][Cl]. The van der Waals surface area contributed by atoms with Gasteiger partial charge in [0.1, 0.15) is 0 Å². The zero-order valence-electron chi connectivity index (χ0n) is 66.1. The summed E-state index contributed by atoms with van der Waals surface area (Å²) in [4.78, 5) is 0. The van der Waals surface area contributed by atoms with Crippen LogP contribution in [-0.4, -0.2) is 252 Å². The van der Waals surface area contributed by atoms with Gasteiger partial charge in [0, 0.05) is 252 Å². The summed E-state index contributed by atoms with van der Waals surface area (Å²) in [7, 11) is 38.4. The van der Waals surface area contributed by atoms with Gasteiger partial charge in [0.05, 0.1) is 0 Å². The standard InChI is InChI=1S/C20H41N5.C19H39N5.C18H37N5.C17H37N5.8ClH.4Mn/c1-20(2)15-24-19-10-6-5-9-18(19)22-12-11-21-16-7-3-4-8-17(16)23-13-14-25-20;1-15-14-24-19-9-5-4-8-18(19)23-13-12-22-17-7-3-2-6-16(17)21-11-10-20-15;1-3-7-17-15(5-1)20-11-9-19-10-12-21-16-6-2-4-8-18(16)23-14-13-22-17;1-13-10-20-14(2)11-21-15(3)12-22-17-7-5-4-6-16(17)19-9-8-18-13;;;;;;;;;;;;/h16-19,21-25H,3-15H2,1-2H3;15-24H,2-14H2,1H3;15-23H,1-14H2;13-22H,4-12H2,1-3H3;8*1H;;;;/q;;;;;;;;;;;;4*+2/p-8/t;15-,16?,17?,18?,19?;;13-,14-,15-,16?,17?;;;;;;;;;;;;/m.1.0............/s1. The molecule has 0 radical (unpaired) electrons. The molecule has 20 N–H and O–H groups in total. The van der Waals surface area contributed by atoms with Crippen molar-refractivity contribution in [1.29, 1.82) is 0 Å². The molecule has 106 heavy (non-hydrogen) atoms. The van der Waals surface area contributed by atoms with Crippen LogP contribution in [0.5, 0.6) is 0 Å². The zero-order chi connectivity index (χ0) is 76.5. The van der Waals surface area contributed by atoms with Crippen LogP contribution in [0.4, 0.5) is 0 Å². The second kappa shape index (κ2) is 67.4. The molecule has 0 amide bonds. The number of fused-ring (bicyclic) bond motifs is 7. The van der Waals surface area contributed by atoms with Gasteiger partial charge in [-0.15, -0.1) is 0 Å². The Kier molecular flexibility index (Phi) is 64.8. The summed E-state index contributed by atoms with van der Waals surface area (Å²) < 4.78 is 0. The molecule has 0 spiro atoms. The first kappa shape index (κ1) is 102. The number of nitrogens with one attached hydrogen (secondary N) is 20. The fourth-order valence-corrected chi connectivity index (χ4v) is 17.7. The molecule has 0 aromatic heterocycles. The molecular weight excluding hydrogens is 1670 g/mol. The van der Waals surface area contributed by atoms with Crippen molar-refractivity contribution in [2.45, 2.75) is 336 Å². The molecule has 0 bridgehead atoms. The first-order chi connectivity index (χ1) is 51.7. The van der Waals surface area contributed by atoms with Crippen molar-refractivity contribution in [3.8, 4) is 0 Å². The molecule has 4 saturated heterocycles. The average Bonchev–Trinajstić information content (AvgIpc) is 1.09. The van der Waals surface area contributed by atoms with Crippen LogP contribution >= 0.6 is 80.8 Å². The van der Waals surface area contributed by atoms with Crippen LogP contribution in [-0.2, 0) is 52.5 Å². The van der Waals surface area contributed by atoms with Crippen molar-refractivity contribution in [3.63, 3.8) is 0 Å². The molecule has 11 fully saturated rings. The monoisotopic (exact) mass is 1820 g/mol.